The van der Waals surface area contributed by atoms with Crippen molar-refractivity contribution in [3.8, 4) is 5.75 Å². The molecule has 2 aromatic carbocycles. The molecule has 0 heterocycles. The van der Waals surface area contributed by atoms with E-state index in [1.54, 1.807) is 28.7 Å². The number of benzene rings is 2. The van der Waals surface area contributed by atoms with Crippen molar-refractivity contribution in [1.29, 1.82) is 0 Å². The average molecular weight is 401 g/mol. The summed E-state index contributed by atoms with van der Waals surface area (Å²) in [7, 11) is 1.38. The number of rotatable bonds is 4. The van der Waals surface area contributed by atoms with Crippen molar-refractivity contribution in [3.63, 3.8) is 0 Å². The number of methoxy groups -OCH3 is 1. The minimum Gasteiger partial charge on any atom is -0.494 e. The normalized spacial score (nSPS) is 10.0. The van der Waals surface area contributed by atoms with Crippen LogP contribution in [-0.4, -0.2) is 13.2 Å². The first-order chi connectivity index (χ1) is 10.1. The largest absolute Gasteiger partial charge is 0.494 e. The summed E-state index contributed by atoms with van der Waals surface area (Å²) in [5, 5.41) is 2.51. The number of anilines is 1. The number of amides is 1. The van der Waals surface area contributed by atoms with E-state index in [-0.39, 0.29) is 15.9 Å². The van der Waals surface area contributed by atoms with Gasteiger partial charge in [-0.1, -0.05) is 30.3 Å². The lowest BCUT2D eigenvalue weighted by Gasteiger charge is -2.11. The molecule has 2 aromatic rings. The molecule has 21 heavy (non-hydrogen) atoms. The molecule has 0 radical (unpaired) electrons. The van der Waals surface area contributed by atoms with Crippen molar-refractivity contribution in [1.82, 2.24) is 0 Å². The summed E-state index contributed by atoms with van der Waals surface area (Å²) in [6.07, 6.45) is -0.638. The van der Waals surface area contributed by atoms with Crippen molar-refractivity contribution in [3.05, 3.63) is 57.4 Å². The van der Waals surface area contributed by atoms with Gasteiger partial charge >= 0.3 is 6.09 Å². The molecule has 0 unspecified atom stereocenters. The first-order valence-corrected chi connectivity index (χ1v) is 7.19. The van der Waals surface area contributed by atoms with Crippen molar-refractivity contribution in [2.45, 2.75) is 6.61 Å². The van der Waals surface area contributed by atoms with E-state index in [2.05, 4.69) is 5.32 Å². The highest BCUT2D eigenvalue weighted by Gasteiger charge is 2.14. The minimum atomic E-state index is -0.638. The Bertz CT molecular complexity index is 634. The number of carbonyl (C=O) groups excluding carboxylic acids is 1. The van der Waals surface area contributed by atoms with Gasteiger partial charge in [-0.2, -0.15) is 0 Å². The SMILES string of the molecule is COc1ccc(NC(=O)OCc2ccccc2)c(I)c1F. The van der Waals surface area contributed by atoms with Gasteiger partial charge in [0.1, 0.15) is 6.61 Å². The molecule has 0 aliphatic rings. The van der Waals surface area contributed by atoms with Crippen LogP contribution in [0, 0.1) is 9.39 Å². The minimum absolute atomic E-state index is 0.127. The Balaban J connectivity index is 1.98. The molecule has 4 nitrogen and oxygen atoms in total. The van der Waals surface area contributed by atoms with Gasteiger partial charge in [0.25, 0.3) is 0 Å². The van der Waals surface area contributed by atoms with E-state index >= 15 is 0 Å². The lowest BCUT2D eigenvalue weighted by atomic mass is 10.2. The molecule has 0 aromatic heterocycles. The van der Waals surface area contributed by atoms with E-state index in [9.17, 15) is 9.18 Å². The summed E-state index contributed by atoms with van der Waals surface area (Å²) in [4.78, 5) is 11.7. The molecule has 0 fully saturated rings. The Labute approximate surface area is 135 Å². The van der Waals surface area contributed by atoms with Gasteiger partial charge in [0.05, 0.1) is 16.4 Å². The quantitative estimate of drug-likeness (QED) is 0.782. The van der Waals surface area contributed by atoms with Crippen molar-refractivity contribution < 1.29 is 18.7 Å². The van der Waals surface area contributed by atoms with Gasteiger partial charge in [-0.25, -0.2) is 9.18 Å². The molecule has 1 N–H and O–H groups in total. The Hall–Kier alpha value is -1.83. The molecule has 0 saturated heterocycles. The summed E-state index contributed by atoms with van der Waals surface area (Å²) in [5.41, 5.74) is 1.22. The van der Waals surface area contributed by atoms with Crippen LogP contribution in [0.4, 0.5) is 14.9 Å². The second-order valence-corrected chi connectivity index (χ2v) is 5.21. The maximum Gasteiger partial charge on any atom is 0.411 e. The molecule has 2 rings (SSSR count). The zero-order valence-electron chi connectivity index (χ0n) is 11.2. The molecule has 0 aliphatic heterocycles. The zero-order valence-corrected chi connectivity index (χ0v) is 13.4. The number of hydrogen-bond donors (Lipinski definition) is 1. The lowest BCUT2D eigenvalue weighted by molar-refractivity contribution is 0.155. The van der Waals surface area contributed by atoms with Gasteiger partial charge in [0.15, 0.2) is 11.6 Å². The molecule has 6 heteroatoms. The summed E-state index contributed by atoms with van der Waals surface area (Å²) in [6.45, 7) is 0.155. The molecule has 0 saturated carbocycles. The predicted molar refractivity (Wildman–Crippen MR) is 85.9 cm³/mol. The number of hydrogen-bond acceptors (Lipinski definition) is 3. The van der Waals surface area contributed by atoms with Crippen LogP contribution < -0.4 is 10.1 Å². The van der Waals surface area contributed by atoms with Crippen LogP contribution in [0.25, 0.3) is 0 Å². The van der Waals surface area contributed by atoms with Crippen LogP contribution in [0.5, 0.6) is 5.75 Å². The first kappa shape index (κ1) is 15.6. The van der Waals surface area contributed by atoms with E-state index in [1.165, 1.54) is 13.2 Å². The lowest BCUT2D eigenvalue weighted by Crippen LogP contribution is -2.14. The van der Waals surface area contributed by atoms with E-state index in [0.717, 1.165) is 5.56 Å². The fraction of sp³-hybridized carbons (Fsp3) is 0.133. The molecule has 0 atom stereocenters. The predicted octanol–water partition coefficient (Wildman–Crippen LogP) is 4.19. The van der Waals surface area contributed by atoms with E-state index < -0.39 is 11.9 Å². The topological polar surface area (TPSA) is 47.6 Å². The van der Waals surface area contributed by atoms with Gasteiger partial charge in [0.2, 0.25) is 0 Å². The number of carbonyl (C=O) groups is 1. The smallest absolute Gasteiger partial charge is 0.411 e. The molecule has 110 valence electrons. The molecular formula is C15H13FINO3. The zero-order chi connectivity index (χ0) is 15.2. The van der Waals surface area contributed by atoms with Crippen molar-refractivity contribution in [2.75, 3.05) is 12.4 Å². The van der Waals surface area contributed by atoms with Crippen LogP contribution in [0.15, 0.2) is 42.5 Å². The van der Waals surface area contributed by atoms with Gasteiger partial charge < -0.3 is 9.47 Å². The molecule has 1 amide bonds. The summed E-state index contributed by atoms with van der Waals surface area (Å²) < 4.78 is 24.1. The maximum absolute atomic E-state index is 13.8. The number of ether oxygens (including phenoxy) is 2. The number of halogens is 2. The Morgan fingerprint density at radius 3 is 2.62 bits per heavy atom. The summed E-state index contributed by atoms with van der Waals surface area (Å²) >= 11 is 1.80. The van der Waals surface area contributed by atoms with Crippen LogP contribution in [0.1, 0.15) is 5.56 Å². The van der Waals surface area contributed by atoms with Crippen LogP contribution in [0.2, 0.25) is 0 Å². The Kier molecular flexibility index (Phi) is 5.38. The first-order valence-electron chi connectivity index (χ1n) is 6.11. The van der Waals surface area contributed by atoms with Gasteiger partial charge in [-0.15, -0.1) is 0 Å². The van der Waals surface area contributed by atoms with Crippen LogP contribution in [0.3, 0.4) is 0 Å². The van der Waals surface area contributed by atoms with E-state index in [1.807, 2.05) is 30.3 Å². The highest BCUT2D eigenvalue weighted by atomic mass is 127. The molecule has 0 aliphatic carbocycles. The van der Waals surface area contributed by atoms with Gasteiger partial charge in [0, 0.05) is 0 Å². The van der Waals surface area contributed by atoms with Gasteiger partial charge in [-0.05, 0) is 40.3 Å². The monoisotopic (exact) mass is 401 g/mol. The van der Waals surface area contributed by atoms with Gasteiger partial charge in [-0.3, -0.25) is 5.32 Å². The summed E-state index contributed by atoms with van der Waals surface area (Å²) in [5.74, 6) is -0.387. The van der Waals surface area contributed by atoms with E-state index in [4.69, 9.17) is 9.47 Å². The second-order valence-electron chi connectivity index (χ2n) is 4.13. The molecule has 0 bridgehead atoms. The van der Waals surface area contributed by atoms with Crippen molar-refractivity contribution >= 4 is 34.4 Å². The maximum atomic E-state index is 13.8. The van der Waals surface area contributed by atoms with Crippen molar-refractivity contribution in [2.24, 2.45) is 0 Å². The van der Waals surface area contributed by atoms with Crippen LogP contribution in [-0.2, 0) is 11.3 Å². The summed E-state index contributed by atoms with van der Waals surface area (Å²) in [6, 6.07) is 12.3. The molecular weight excluding hydrogens is 388 g/mol. The fourth-order valence-corrected chi connectivity index (χ4v) is 2.24. The van der Waals surface area contributed by atoms with Crippen LogP contribution >= 0.6 is 22.6 Å². The highest BCUT2D eigenvalue weighted by Crippen LogP contribution is 2.28. The van der Waals surface area contributed by atoms with E-state index in [0.29, 0.717) is 5.69 Å². The fourth-order valence-electron chi connectivity index (χ4n) is 1.66. The third kappa shape index (κ3) is 4.07. The molecule has 0 spiro atoms. The third-order valence-corrected chi connectivity index (χ3v) is 3.77. The Morgan fingerprint density at radius 1 is 1.24 bits per heavy atom. The second kappa shape index (κ2) is 7.26. The number of nitrogens with one attached hydrogen (secondary N) is 1. The average Bonchev–Trinajstić information content (AvgIpc) is 2.51. The third-order valence-electron chi connectivity index (χ3n) is 2.72. The highest BCUT2D eigenvalue weighted by molar-refractivity contribution is 14.1. The Morgan fingerprint density at radius 2 is 1.95 bits per heavy atom. The standard InChI is InChI=1S/C15H13FINO3/c1-20-12-8-7-11(14(17)13(12)16)18-15(19)21-9-10-5-3-2-4-6-10/h2-8H,9H2,1H3,(H,18,19).